The summed E-state index contributed by atoms with van der Waals surface area (Å²) in [6.45, 7) is 0. The first-order valence-electron chi connectivity index (χ1n) is 9.48. The molecule has 0 aliphatic heterocycles. The standard InChI is InChI=1S/3C7H6O2.C5H5.5CH3.Ti/c3*8-7(9)6-4-2-1-3-5-6;1-2-4-5-3-1;;;;;;/h3*1-5H,(H,8,9);1-3H,4H2;5*1H3;/q;;;6*-1;. The van der Waals surface area contributed by atoms with E-state index in [2.05, 4.69) is 12.2 Å². The first kappa shape index (κ1) is 47.5. The van der Waals surface area contributed by atoms with Crippen LogP contribution in [0.25, 0.3) is 0 Å². The van der Waals surface area contributed by atoms with E-state index in [1.54, 1.807) is 91.0 Å². The van der Waals surface area contributed by atoms with Crippen LogP contribution in [0.15, 0.2) is 109 Å². The van der Waals surface area contributed by atoms with Gasteiger partial charge >= 0.3 is 17.9 Å². The molecule has 0 fully saturated rings. The van der Waals surface area contributed by atoms with E-state index < -0.39 is 17.9 Å². The number of allylic oxidation sites excluding steroid dienone is 4. The average molecular weight is 555 g/mol. The second-order valence-electron chi connectivity index (χ2n) is 6.02. The van der Waals surface area contributed by atoms with Crippen molar-refractivity contribution in [2.24, 2.45) is 0 Å². The molecule has 4 rings (SSSR count). The SMILES string of the molecule is O=C(O)c1ccccc1.O=C(O)c1ccccc1.O=C(O)c1ccccc1.[C-]1=CC=CC1.[CH3-].[CH3-].[CH3-].[CH3-].[CH3-].[Ti]. The van der Waals surface area contributed by atoms with Crippen molar-refractivity contribution in [1.29, 1.82) is 0 Å². The predicted octanol–water partition coefficient (Wildman–Crippen LogP) is 7.71. The van der Waals surface area contributed by atoms with Gasteiger partial charge in [0.15, 0.2) is 0 Å². The molecule has 0 radical (unpaired) electrons. The number of hydrogen-bond acceptors (Lipinski definition) is 3. The maximum atomic E-state index is 10.2. The molecule has 0 bridgehead atoms. The van der Waals surface area contributed by atoms with Crippen molar-refractivity contribution in [1.82, 2.24) is 0 Å². The Labute approximate surface area is 244 Å². The van der Waals surface area contributed by atoms with Crippen LogP contribution in [0.3, 0.4) is 0 Å². The quantitative estimate of drug-likeness (QED) is 0.226. The fourth-order valence-electron chi connectivity index (χ4n) is 2.08. The third-order valence-corrected chi connectivity index (χ3v) is 3.65. The predicted molar refractivity (Wildman–Crippen MR) is 154 cm³/mol. The summed E-state index contributed by atoms with van der Waals surface area (Å²) in [5.41, 5.74) is 0.993. The van der Waals surface area contributed by atoms with Crippen LogP contribution in [0.2, 0.25) is 0 Å². The molecule has 1 aliphatic rings. The van der Waals surface area contributed by atoms with Gasteiger partial charge in [0, 0.05) is 21.7 Å². The van der Waals surface area contributed by atoms with Crippen molar-refractivity contribution in [3.8, 4) is 0 Å². The van der Waals surface area contributed by atoms with Crippen LogP contribution in [0.1, 0.15) is 37.5 Å². The van der Waals surface area contributed by atoms with Gasteiger partial charge in [0.1, 0.15) is 0 Å². The van der Waals surface area contributed by atoms with Gasteiger partial charge in [0.2, 0.25) is 0 Å². The van der Waals surface area contributed by atoms with Crippen molar-refractivity contribution < 1.29 is 51.4 Å². The van der Waals surface area contributed by atoms with E-state index in [0.29, 0.717) is 16.7 Å². The van der Waals surface area contributed by atoms with Gasteiger partial charge in [-0.15, -0.1) is 6.42 Å². The van der Waals surface area contributed by atoms with Crippen LogP contribution < -0.4 is 0 Å². The van der Waals surface area contributed by atoms with E-state index in [1.165, 1.54) is 0 Å². The van der Waals surface area contributed by atoms with Crippen LogP contribution in [-0.4, -0.2) is 33.2 Å². The summed E-state index contributed by atoms with van der Waals surface area (Å²) in [6, 6.07) is 24.9. The summed E-state index contributed by atoms with van der Waals surface area (Å²) in [4.78, 5) is 30.6. The molecule has 1 aliphatic carbocycles. The topological polar surface area (TPSA) is 112 Å². The molecular weight excluding hydrogens is 516 g/mol. The molecular formula is C31H38O6Ti-6. The molecule has 0 unspecified atom stereocenters. The Kier molecular flexibility index (Phi) is 36.8. The van der Waals surface area contributed by atoms with E-state index in [9.17, 15) is 14.4 Å². The van der Waals surface area contributed by atoms with Crippen LogP contribution in [0.4, 0.5) is 0 Å². The zero-order valence-corrected chi connectivity index (χ0v) is 24.2. The van der Waals surface area contributed by atoms with Crippen molar-refractivity contribution in [2.75, 3.05) is 0 Å². The zero-order chi connectivity index (χ0) is 23.6. The maximum Gasteiger partial charge on any atom is 0.335 e. The Bertz CT molecular complexity index is 890. The first-order chi connectivity index (χ1) is 15.4. The number of aromatic carboxylic acids is 3. The number of hydrogen-bond donors (Lipinski definition) is 3. The van der Waals surface area contributed by atoms with Gasteiger partial charge in [0.05, 0.1) is 16.7 Å². The number of carboxylic acid groups (broad SMARTS) is 3. The molecule has 3 aromatic carbocycles. The molecule has 38 heavy (non-hydrogen) atoms. The molecule has 0 saturated heterocycles. The van der Waals surface area contributed by atoms with Gasteiger partial charge < -0.3 is 52.5 Å². The molecule has 7 heteroatoms. The van der Waals surface area contributed by atoms with Crippen molar-refractivity contribution in [3.63, 3.8) is 0 Å². The third-order valence-electron chi connectivity index (χ3n) is 3.65. The Morgan fingerprint density at radius 3 is 0.895 bits per heavy atom. The Morgan fingerprint density at radius 2 is 0.789 bits per heavy atom. The van der Waals surface area contributed by atoms with Crippen molar-refractivity contribution in [3.05, 3.63) is 169 Å². The molecule has 3 aromatic rings. The molecule has 0 amide bonds. The number of rotatable bonds is 3. The van der Waals surface area contributed by atoms with E-state index in [4.69, 9.17) is 15.3 Å². The smallest absolute Gasteiger partial charge is 0.335 e. The molecule has 0 heterocycles. The number of carbonyl (C=O) groups is 3. The molecule has 0 atom stereocenters. The second-order valence-corrected chi connectivity index (χ2v) is 6.02. The molecule has 208 valence electrons. The summed E-state index contributed by atoms with van der Waals surface area (Å²) in [5.74, 6) is -2.64. The van der Waals surface area contributed by atoms with E-state index in [-0.39, 0.29) is 58.9 Å². The largest absolute Gasteiger partial charge is 0.478 e. The zero-order valence-electron chi connectivity index (χ0n) is 22.7. The van der Waals surface area contributed by atoms with Crippen LogP contribution in [0.5, 0.6) is 0 Å². The maximum absolute atomic E-state index is 10.2. The second kappa shape index (κ2) is 29.5. The van der Waals surface area contributed by atoms with Gasteiger partial charge in [0.25, 0.3) is 0 Å². The molecule has 0 aromatic heterocycles. The van der Waals surface area contributed by atoms with Crippen LogP contribution in [0, 0.1) is 43.2 Å². The Morgan fingerprint density at radius 1 is 0.526 bits per heavy atom. The molecule has 0 spiro atoms. The van der Waals surface area contributed by atoms with Crippen molar-refractivity contribution in [2.45, 2.75) is 6.42 Å². The Balaban J connectivity index is -0.0000000866. The fraction of sp³-hybridized carbons (Fsp3) is 0.0323. The summed E-state index contributed by atoms with van der Waals surface area (Å²) >= 11 is 0. The minimum absolute atomic E-state index is 0. The van der Waals surface area contributed by atoms with Gasteiger partial charge in [-0.2, -0.15) is 6.08 Å². The molecule has 0 saturated carbocycles. The molecule has 3 N–H and O–H groups in total. The molecule has 6 nitrogen and oxygen atoms in total. The van der Waals surface area contributed by atoms with E-state index in [0.717, 1.165) is 6.42 Å². The number of benzene rings is 3. The van der Waals surface area contributed by atoms with Gasteiger partial charge in [-0.25, -0.2) is 26.5 Å². The number of carboxylic acids is 3. The fourth-order valence-corrected chi connectivity index (χ4v) is 2.08. The average Bonchev–Trinajstić information content (AvgIpc) is 3.42. The van der Waals surface area contributed by atoms with Crippen LogP contribution in [-0.2, 0) is 21.7 Å². The summed E-state index contributed by atoms with van der Waals surface area (Å²) in [5, 5.41) is 25.2. The summed E-state index contributed by atoms with van der Waals surface area (Å²) in [7, 11) is 0. The van der Waals surface area contributed by atoms with Gasteiger partial charge in [-0.05, 0) is 36.4 Å². The normalized spacial score (nSPS) is 8.63. The Hall–Kier alpha value is -3.74. The minimum atomic E-state index is -0.879. The summed E-state index contributed by atoms with van der Waals surface area (Å²) in [6.07, 6.45) is 10.0. The van der Waals surface area contributed by atoms with E-state index >= 15 is 0 Å². The monoisotopic (exact) mass is 554 g/mol. The summed E-state index contributed by atoms with van der Waals surface area (Å²) < 4.78 is 0. The van der Waals surface area contributed by atoms with E-state index in [1.807, 2.05) is 12.2 Å². The van der Waals surface area contributed by atoms with Gasteiger partial charge in [-0.1, -0.05) is 54.6 Å². The van der Waals surface area contributed by atoms with Crippen LogP contribution >= 0.6 is 0 Å². The van der Waals surface area contributed by atoms with Crippen molar-refractivity contribution >= 4 is 17.9 Å². The third kappa shape index (κ3) is 22.7. The van der Waals surface area contributed by atoms with Gasteiger partial charge in [-0.3, -0.25) is 6.08 Å². The first-order valence-corrected chi connectivity index (χ1v) is 9.48. The minimum Gasteiger partial charge on any atom is -0.478 e.